The lowest BCUT2D eigenvalue weighted by molar-refractivity contribution is -0.157. The normalized spacial score (nSPS) is 12.2. The molecule has 0 saturated heterocycles. The molecule has 1 aromatic carbocycles. The van der Waals surface area contributed by atoms with Crippen LogP contribution in [0.2, 0.25) is 0 Å². The van der Waals surface area contributed by atoms with E-state index in [1.807, 2.05) is 5.32 Å². The summed E-state index contributed by atoms with van der Waals surface area (Å²) in [6.07, 6.45) is -0.747. The largest absolute Gasteiger partial charge is 0.491 e. The highest BCUT2D eigenvalue weighted by atomic mass is 19.1. The molecule has 13 nitrogen and oxygen atoms in total. The fourth-order valence-electron chi connectivity index (χ4n) is 2.86. The number of hydrogen-bond donors (Lipinski definition) is 6. The van der Waals surface area contributed by atoms with E-state index in [-0.39, 0.29) is 31.1 Å². The van der Waals surface area contributed by atoms with Gasteiger partial charge in [-0.05, 0) is 49.9 Å². The van der Waals surface area contributed by atoms with Gasteiger partial charge >= 0.3 is 23.9 Å². The van der Waals surface area contributed by atoms with Crippen molar-refractivity contribution in [3.8, 4) is 5.75 Å². The van der Waals surface area contributed by atoms with Crippen molar-refractivity contribution < 1.29 is 53.6 Å². The molecule has 0 aromatic heterocycles. The maximum absolute atomic E-state index is 12.1. The van der Waals surface area contributed by atoms with Crippen molar-refractivity contribution in [1.29, 1.82) is 0 Å². The number of benzene rings is 1. The van der Waals surface area contributed by atoms with Gasteiger partial charge in [0.2, 0.25) is 0 Å². The van der Waals surface area contributed by atoms with Gasteiger partial charge in [-0.1, -0.05) is 0 Å². The van der Waals surface area contributed by atoms with Crippen LogP contribution in [0.1, 0.15) is 42.5 Å². The number of urea groups is 1. The number of carbonyl (C=O) groups excluding carboxylic acids is 2. The number of carboxylic acid groups (broad SMARTS) is 3. The third-order valence-corrected chi connectivity index (χ3v) is 4.68. The highest BCUT2D eigenvalue weighted by Gasteiger charge is 2.31. The first-order valence-electron chi connectivity index (χ1n) is 10.6. The Morgan fingerprint density at radius 1 is 0.971 bits per heavy atom. The van der Waals surface area contributed by atoms with Crippen molar-refractivity contribution in [3.63, 3.8) is 0 Å². The predicted octanol–water partition coefficient (Wildman–Crippen LogP) is 1.11. The van der Waals surface area contributed by atoms with Crippen LogP contribution in [0.15, 0.2) is 24.3 Å². The first kappa shape index (κ1) is 29.1. The molecule has 1 unspecified atom stereocenters. The molecule has 0 saturated carbocycles. The number of ether oxygens (including phenoxy) is 1. The highest BCUT2D eigenvalue weighted by Crippen LogP contribution is 2.13. The second kappa shape index (κ2) is 15.1. The number of alkyl halides is 1. The van der Waals surface area contributed by atoms with Gasteiger partial charge in [-0.2, -0.15) is 5.06 Å². The Morgan fingerprint density at radius 3 is 2.17 bits per heavy atom. The Morgan fingerprint density at radius 2 is 1.63 bits per heavy atom. The summed E-state index contributed by atoms with van der Waals surface area (Å²) in [4.78, 5) is 57.4. The molecule has 1 aromatic rings. The van der Waals surface area contributed by atoms with Gasteiger partial charge in [-0.3, -0.25) is 14.8 Å². The van der Waals surface area contributed by atoms with Crippen LogP contribution < -0.4 is 15.4 Å². The Kier molecular flexibility index (Phi) is 12.5. The molecular formula is C21H28FN3O10. The Hall–Kier alpha value is -3.94. The average molecular weight is 501 g/mol. The van der Waals surface area contributed by atoms with Gasteiger partial charge in [0.1, 0.15) is 25.1 Å². The zero-order chi connectivity index (χ0) is 26.4. The minimum atomic E-state index is -1.70. The number of hydrogen-bond acceptors (Lipinski definition) is 7. The third kappa shape index (κ3) is 10.7. The van der Waals surface area contributed by atoms with Crippen LogP contribution in [-0.4, -0.2) is 87.3 Å². The second-order valence-corrected chi connectivity index (χ2v) is 7.28. The van der Waals surface area contributed by atoms with Crippen molar-refractivity contribution in [3.05, 3.63) is 29.8 Å². The molecule has 3 amide bonds. The minimum absolute atomic E-state index is 0.0966. The first-order chi connectivity index (χ1) is 16.6. The summed E-state index contributed by atoms with van der Waals surface area (Å²) in [5, 5.41) is 41.3. The van der Waals surface area contributed by atoms with Gasteiger partial charge in [0.05, 0.1) is 0 Å². The molecule has 35 heavy (non-hydrogen) atoms. The average Bonchev–Trinajstić information content (AvgIpc) is 2.81. The monoisotopic (exact) mass is 501 g/mol. The predicted molar refractivity (Wildman–Crippen MR) is 116 cm³/mol. The van der Waals surface area contributed by atoms with Crippen LogP contribution in [0.4, 0.5) is 9.18 Å². The molecule has 14 heteroatoms. The topological polar surface area (TPSA) is 203 Å². The quantitative estimate of drug-likeness (QED) is 0.108. The van der Waals surface area contributed by atoms with Crippen molar-refractivity contribution in [2.75, 3.05) is 19.8 Å². The minimum Gasteiger partial charge on any atom is -0.491 e. The summed E-state index contributed by atoms with van der Waals surface area (Å²) >= 11 is 0. The van der Waals surface area contributed by atoms with Crippen molar-refractivity contribution in [1.82, 2.24) is 15.7 Å². The Labute approximate surface area is 199 Å². The lowest BCUT2D eigenvalue weighted by Crippen LogP contribution is -2.52. The molecule has 0 fully saturated rings. The van der Waals surface area contributed by atoms with Crippen LogP contribution in [0, 0.1) is 0 Å². The van der Waals surface area contributed by atoms with Gasteiger partial charge < -0.3 is 30.7 Å². The van der Waals surface area contributed by atoms with Gasteiger partial charge in [0.15, 0.2) is 6.04 Å². The van der Waals surface area contributed by atoms with Gasteiger partial charge in [-0.25, -0.2) is 18.8 Å². The molecule has 0 aliphatic heterocycles. The van der Waals surface area contributed by atoms with E-state index in [2.05, 4.69) is 5.32 Å². The number of carboxylic acids is 3. The zero-order valence-electron chi connectivity index (χ0n) is 18.7. The van der Waals surface area contributed by atoms with Crippen molar-refractivity contribution in [2.45, 2.75) is 44.2 Å². The number of rotatable bonds is 16. The van der Waals surface area contributed by atoms with Crippen molar-refractivity contribution in [2.24, 2.45) is 0 Å². The fraction of sp³-hybridized carbons (Fsp3) is 0.476. The highest BCUT2D eigenvalue weighted by molar-refractivity contribution is 5.94. The van der Waals surface area contributed by atoms with E-state index in [4.69, 9.17) is 14.9 Å². The summed E-state index contributed by atoms with van der Waals surface area (Å²) in [5.41, 5.74) is 0.329. The van der Waals surface area contributed by atoms with Crippen LogP contribution in [0.3, 0.4) is 0 Å². The summed E-state index contributed by atoms with van der Waals surface area (Å²) in [5.74, 6) is -4.37. The first-order valence-corrected chi connectivity index (χ1v) is 10.6. The smallest absolute Gasteiger partial charge is 0.342 e. The summed E-state index contributed by atoms with van der Waals surface area (Å²) in [7, 11) is 0. The number of aliphatic carboxylic acids is 3. The van der Waals surface area contributed by atoms with Gasteiger partial charge in [0, 0.05) is 18.5 Å². The van der Waals surface area contributed by atoms with E-state index >= 15 is 0 Å². The Balaban J connectivity index is 2.50. The molecule has 2 atom stereocenters. The third-order valence-electron chi connectivity index (χ3n) is 4.68. The lowest BCUT2D eigenvalue weighted by Gasteiger charge is -2.24. The zero-order valence-corrected chi connectivity index (χ0v) is 18.7. The maximum Gasteiger partial charge on any atom is 0.342 e. The molecule has 0 bridgehead atoms. The standard InChI is InChI=1S/C21H28FN3O10/c22-10-12-35-14-6-4-13(5-7-14)18(28)23-11-2-1-3-16(20(31)32)25(34)21(33)24-15(19(29)30)8-9-17(26)27/h4-7,15-16,34H,1-3,8-12H2,(H,23,28)(H,24,33)(H,26,27)(H,29,30)(H,31,32)/t15?,16-/m0/s1. The van der Waals surface area contributed by atoms with Gasteiger partial charge in [-0.15, -0.1) is 0 Å². The van der Waals surface area contributed by atoms with E-state index in [0.29, 0.717) is 17.7 Å². The van der Waals surface area contributed by atoms with Crippen LogP contribution in [-0.2, 0) is 14.4 Å². The number of hydroxylamine groups is 2. The van der Waals surface area contributed by atoms with E-state index in [1.165, 1.54) is 24.3 Å². The number of unbranched alkanes of at least 4 members (excludes halogenated alkanes) is 1. The summed E-state index contributed by atoms with van der Waals surface area (Å²) in [6, 6.07) is 1.28. The molecule has 0 aliphatic rings. The molecule has 194 valence electrons. The van der Waals surface area contributed by atoms with E-state index in [1.54, 1.807) is 0 Å². The molecule has 0 aliphatic carbocycles. The molecule has 0 spiro atoms. The number of nitrogens with one attached hydrogen (secondary N) is 2. The van der Waals surface area contributed by atoms with Crippen LogP contribution >= 0.6 is 0 Å². The molecule has 0 radical (unpaired) electrons. The van der Waals surface area contributed by atoms with E-state index in [0.717, 1.165) is 0 Å². The van der Waals surface area contributed by atoms with Crippen molar-refractivity contribution >= 4 is 29.8 Å². The molecule has 6 N–H and O–H groups in total. The lowest BCUT2D eigenvalue weighted by atomic mass is 10.1. The molecule has 0 heterocycles. The second-order valence-electron chi connectivity index (χ2n) is 7.28. The molecular weight excluding hydrogens is 473 g/mol. The van der Waals surface area contributed by atoms with Crippen LogP contribution in [0.5, 0.6) is 5.75 Å². The SMILES string of the molecule is O=C(O)CCC(NC(=O)N(O)[C@@H](CCCCNC(=O)c1ccc(OCCF)cc1)C(=O)O)C(=O)O. The number of nitrogens with zero attached hydrogens (tertiary/aromatic N) is 1. The fourth-order valence-corrected chi connectivity index (χ4v) is 2.86. The van der Waals surface area contributed by atoms with Crippen LogP contribution in [0.25, 0.3) is 0 Å². The number of amides is 3. The van der Waals surface area contributed by atoms with E-state index in [9.17, 15) is 38.7 Å². The number of carbonyl (C=O) groups is 5. The summed E-state index contributed by atoms with van der Waals surface area (Å²) < 4.78 is 17.2. The Bertz CT molecular complexity index is 881. The summed E-state index contributed by atoms with van der Waals surface area (Å²) in [6.45, 7) is -0.570. The van der Waals surface area contributed by atoms with Gasteiger partial charge in [0.25, 0.3) is 5.91 Å². The molecule has 1 rings (SSSR count). The maximum atomic E-state index is 12.1. The number of halogens is 1. The van der Waals surface area contributed by atoms with E-state index < -0.39 is 61.4 Å².